The molecule has 0 saturated heterocycles. The number of methoxy groups -OCH3 is 1. The maximum absolute atomic E-state index is 11.1. The van der Waals surface area contributed by atoms with E-state index < -0.39 is 5.97 Å². The highest BCUT2D eigenvalue weighted by atomic mass is 16.5. The lowest BCUT2D eigenvalue weighted by Gasteiger charge is -2.09. The lowest BCUT2D eigenvalue weighted by molar-refractivity contribution is -0.139. The molecule has 0 bridgehead atoms. The van der Waals surface area contributed by atoms with E-state index in [2.05, 4.69) is 4.74 Å². The first-order valence-electron chi connectivity index (χ1n) is 4.64. The number of hydrogen-bond donors (Lipinski definition) is 2. The second-order valence-electron chi connectivity index (χ2n) is 3.20. The number of esters is 1. The number of ether oxygens (including phenoxy) is 1. The maximum atomic E-state index is 11.1. The zero-order valence-corrected chi connectivity index (χ0v) is 8.86. The van der Waals surface area contributed by atoms with Crippen molar-refractivity contribution in [3.05, 3.63) is 28.8 Å². The Labute approximate surface area is 93.1 Å². The van der Waals surface area contributed by atoms with E-state index in [1.807, 2.05) is 6.07 Å². The van der Waals surface area contributed by atoms with Crippen LogP contribution in [0.4, 0.5) is 0 Å². The Kier molecular flexibility index (Phi) is 3.86. The summed E-state index contributed by atoms with van der Waals surface area (Å²) in [4.78, 5) is 11.1. The minimum absolute atomic E-state index is 0.00782. The Bertz CT molecular complexity index is 449. The third kappa shape index (κ3) is 2.49. The van der Waals surface area contributed by atoms with Crippen LogP contribution in [0, 0.1) is 11.3 Å². The van der Waals surface area contributed by atoms with Crippen molar-refractivity contribution in [3.63, 3.8) is 0 Å². The lowest BCUT2D eigenvalue weighted by Crippen LogP contribution is -2.10. The molecule has 3 N–H and O–H groups in total. The third-order valence-electron chi connectivity index (χ3n) is 2.21. The quantitative estimate of drug-likeness (QED) is 0.720. The van der Waals surface area contributed by atoms with Gasteiger partial charge in [0, 0.05) is 6.54 Å². The predicted molar refractivity (Wildman–Crippen MR) is 56.4 cm³/mol. The number of phenols is 1. The molecule has 0 aliphatic carbocycles. The van der Waals surface area contributed by atoms with Gasteiger partial charge in [0.1, 0.15) is 5.75 Å². The fourth-order valence-electron chi connectivity index (χ4n) is 1.44. The molecule has 0 amide bonds. The van der Waals surface area contributed by atoms with E-state index in [0.29, 0.717) is 11.1 Å². The van der Waals surface area contributed by atoms with Crippen molar-refractivity contribution in [2.45, 2.75) is 13.0 Å². The summed E-state index contributed by atoms with van der Waals surface area (Å²) in [5.74, 6) is -0.503. The van der Waals surface area contributed by atoms with Crippen LogP contribution < -0.4 is 5.73 Å². The highest BCUT2D eigenvalue weighted by molar-refractivity contribution is 5.73. The fraction of sp³-hybridized carbons (Fsp3) is 0.273. The number of hydrogen-bond acceptors (Lipinski definition) is 5. The average Bonchev–Trinajstić information content (AvgIpc) is 2.28. The van der Waals surface area contributed by atoms with E-state index in [4.69, 9.17) is 11.0 Å². The molecule has 0 heterocycles. The smallest absolute Gasteiger partial charge is 0.309 e. The SMILES string of the molecule is COC(=O)Cc1cc(O)cc(C#N)c1CN. The van der Waals surface area contributed by atoms with Gasteiger partial charge in [-0.25, -0.2) is 0 Å². The minimum atomic E-state index is -0.441. The first kappa shape index (κ1) is 12.0. The van der Waals surface area contributed by atoms with Gasteiger partial charge in [-0.1, -0.05) is 0 Å². The van der Waals surface area contributed by atoms with Gasteiger partial charge in [0.25, 0.3) is 0 Å². The summed E-state index contributed by atoms with van der Waals surface area (Å²) in [5, 5.41) is 18.2. The van der Waals surface area contributed by atoms with Crippen molar-refractivity contribution < 1.29 is 14.6 Å². The van der Waals surface area contributed by atoms with Gasteiger partial charge in [-0.3, -0.25) is 4.79 Å². The Hall–Kier alpha value is -2.06. The molecule has 0 aliphatic heterocycles. The predicted octanol–water partition coefficient (Wildman–Crippen LogP) is 0.438. The van der Waals surface area contributed by atoms with Crippen molar-refractivity contribution in [3.8, 4) is 11.8 Å². The van der Waals surface area contributed by atoms with Crippen LogP contribution in [0.5, 0.6) is 5.75 Å². The number of carbonyl (C=O) groups excluding carboxylic acids is 1. The monoisotopic (exact) mass is 220 g/mol. The fourth-order valence-corrected chi connectivity index (χ4v) is 1.44. The zero-order valence-electron chi connectivity index (χ0n) is 8.86. The zero-order chi connectivity index (χ0) is 12.1. The van der Waals surface area contributed by atoms with Crippen LogP contribution in [0.25, 0.3) is 0 Å². The number of nitrogens with zero attached hydrogens (tertiary/aromatic N) is 1. The van der Waals surface area contributed by atoms with E-state index in [1.54, 1.807) is 0 Å². The summed E-state index contributed by atoms with van der Waals surface area (Å²) in [5.41, 5.74) is 6.87. The molecule has 0 unspecified atom stereocenters. The molecule has 16 heavy (non-hydrogen) atoms. The Morgan fingerprint density at radius 2 is 2.31 bits per heavy atom. The van der Waals surface area contributed by atoms with Crippen LogP contribution in [0.3, 0.4) is 0 Å². The van der Waals surface area contributed by atoms with Crippen molar-refractivity contribution in [2.75, 3.05) is 7.11 Å². The summed E-state index contributed by atoms with van der Waals surface area (Å²) >= 11 is 0. The molecule has 0 atom stereocenters. The summed E-state index contributed by atoms with van der Waals surface area (Å²) in [6, 6.07) is 4.67. The van der Waals surface area contributed by atoms with Gasteiger partial charge < -0.3 is 15.6 Å². The van der Waals surface area contributed by atoms with E-state index >= 15 is 0 Å². The normalized spacial score (nSPS) is 9.56. The third-order valence-corrected chi connectivity index (χ3v) is 2.21. The van der Waals surface area contributed by atoms with Crippen LogP contribution >= 0.6 is 0 Å². The first-order valence-corrected chi connectivity index (χ1v) is 4.64. The molecule has 0 radical (unpaired) electrons. The summed E-state index contributed by atoms with van der Waals surface area (Å²) < 4.78 is 4.52. The van der Waals surface area contributed by atoms with E-state index in [1.165, 1.54) is 19.2 Å². The largest absolute Gasteiger partial charge is 0.508 e. The molecule has 1 aromatic carbocycles. The number of carbonyl (C=O) groups is 1. The number of phenolic OH excluding ortho intramolecular Hbond substituents is 1. The van der Waals surface area contributed by atoms with Crippen molar-refractivity contribution in [1.29, 1.82) is 5.26 Å². The number of benzene rings is 1. The second kappa shape index (κ2) is 5.14. The van der Waals surface area contributed by atoms with E-state index in [9.17, 15) is 9.90 Å². The number of nitriles is 1. The van der Waals surface area contributed by atoms with Gasteiger partial charge in [0.2, 0.25) is 0 Å². The number of nitrogens with two attached hydrogens (primary N) is 1. The molecular formula is C11H12N2O3. The summed E-state index contributed by atoms with van der Waals surface area (Å²) in [6.45, 7) is 0.134. The molecule has 0 aromatic heterocycles. The van der Waals surface area contributed by atoms with Crippen molar-refractivity contribution in [2.24, 2.45) is 5.73 Å². The van der Waals surface area contributed by atoms with Gasteiger partial charge in [0.15, 0.2) is 0 Å². The molecule has 1 aromatic rings. The molecular weight excluding hydrogens is 208 g/mol. The van der Waals surface area contributed by atoms with Gasteiger partial charge in [0.05, 0.1) is 25.2 Å². The molecule has 84 valence electrons. The van der Waals surface area contributed by atoms with Crippen LogP contribution in [-0.2, 0) is 22.5 Å². The summed E-state index contributed by atoms with van der Waals surface area (Å²) in [6.07, 6.45) is -0.00782. The minimum Gasteiger partial charge on any atom is -0.508 e. The first-order chi connectivity index (χ1) is 7.62. The Morgan fingerprint density at radius 3 is 2.81 bits per heavy atom. The highest BCUT2D eigenvalue weighted by Crippen LogP contribution is 2.21. The maximum Gasteiger partial charge on any atom is 0.309 e. The average molecular weight is 220 g/mol. The molecule has 5 heteroatoms. The van der Waals surface area contributed by atoms with Gasteiger partial charge >= 0.3 is 5.97 Å². The second-order valence-corrected chi connectivity index (χ2v) is 3.20. The highest BCUT2D eigenvalue weighted by Gasteiger charge is 2.12. The van der Waals surface area contributed by atoms with Gasteiger partial charge in [-0.15, -0.1) is 0 Å². The molecule has 0 spiro atoms. The van der Waals surface area contributed by atoms with Crippen molar-refractivity contribution >= 4 is 5.97 Å². The number of aromatic hydroxyl groups is 1. The molecule has 0 aliphatic rings. The lowest BCUT2D eigenvalue weighted by atomic mass is 9.99. The van der Waals surface area contributed by atoms with Gasteiger partial charge in [-0.05, 0) is 23.3 Å². The number of rotatable bonds is 3. The van der Waals surface area contributed by atoms with E-state index in [-0.39, 0.29) is 24.3 Å². The molecule has 1 rings (SSSR count). The standard InChI is InChI=1S/C11H12N2O3/c1-16-11(15)4-7-2-9(14)3-8(5-12)10(7)6-13/h2-3,14H,4,6,13H2,1H3. The molecule has 0 saturated carbocycles. The van der Waals surface area contributed by atoms with Gasteiger partial charge in [-0.2, -0.15) is 5.26 Å². The van der Waals surface area contributed by atoms with Crippen LogP contribution in [-0.4, -0.2) is 18.2 Å². The topological polar surface area (TPSA) is 96.3 Å². The molecule has 0 fully saturated rings. The van der Waals surface area contributed by atoms with Crippen molar-refractivity contribution in [1.82, 2.24) is 0 Å². The Morgan fingerprint density at radius 1 is 1.62 bits per heavy atom. The summed E-state index contributed by atoms with van der Waals surface area (Å²) in [7, 11) is 1.28. The van der Waals surface area contributed by atoms with E-state index in [0.717, 1.165) is 0 Å². The van der Waals surface area contributed by atoms with Crippen LogP contribution in [0.1, 0.15) is 16.7 Å². The Balaban J connectivity index is 3.21. The van der Waals surface area contributed by atoms with Crippen LogP contribution in [0.15, 0.2) is 12.1 Å². The molecule has 5 nitrogen and oxygen atoms in total. The van der Waals surface area contributed by atoms with Crippen LogP contribution in [0.2, 0.25) is 0 Å².